The topological polar surface area (TPSA) is 49.3 Å². The van der Waals surface area contributed by atoms with Crippen molar-refractivity contribution in [2.24, 2.45) is 5.92 Å². The number of hydrogen-bond acceptors (Lipinski definition) is 2. The number of aliphatic hydroxyl groups is 1. The molecule has 2 N–H and O–H groups in total. The van der Waals surface area contributed by atoms with Gasteiger partial charge in [0.25, 0.3) is 0 Å². The van der Waals surface area contributed by atoms with E-state index >= 15 is 0 Å². The molecule has 0 spiro atoms. The van der Waals surface area contributed by atoms with Gasteiger partial charge in [0.05, 0.1) is 18.1 Å². The van der Waals surface area contributed by atoms with Gasteiger partial charge in [0, 0.05) is 5.02 Å². The third kappa shape index (κ3) is 2.93. The Balaban J connectivity index is 2.12. The second kappa shape index (κ2) is 5.51. The lowest BCUT2D eigenvalue weighted by Crippen LogP contribution is -2.45. The van der Waals surface area contributed by atoms with Gasteiger partial charge in [-0.05, 0) is 36.5 Å². The maximum atomic E-state index is 12.4. The Kier molecular flexibility index (Phi) is 4.16. The largest absolute Gasteiger partial charge is 0.394 e. The number of hydrogen-bond donors (Lipinski definition) is 2. The average Bonchev–Trinajstić information content (AvgIpc) is 3.17. The second-order valence-corrected chi connectivity index (χ2v) is 6.03. The fourth-order valence-electron chi connectivity index (χ4n) is 2.27. The van der Waals surface area contributed by atoms with Crippen molar-refractivity contribution in [3.63, 3.8) is 0 Å². The summed E-state index contributed by atoms with van der Waals surface area (Å²) in [7, 11) is 0. The molecular weight excluding hydrogens is 262 g/mol. The normalized spacial score (nSPS) is 18.2. The number of aliphatic hydroxyl groups excluding tert-OH is 1. The van der Waals surface area contributed by atoms with Crippen LogP contribution in [0.3, 0.4) is 0 Å². The lowest BCUT2D eigenvalue weighted by molar-refractivity contribution is -0.125. The van der Waals surface area contributed by atoms with Crippen LogP contribution < -0.4 is 5.32 Å². The van der Waals surface area contributed by atoms with Gasteiger partial charge < -0.3 is 10.4 Å². The Labute approximate surface area is 119 Å². The molecule has 1 aromatic carbocycles. The number of carbonyl (C=O) groups is 1. The van der Waals surface area contributed by atoms with Gasteiger partial charge in [0.2, 0.25) is 5.91 Å². The molecule has 0 radical (unpaired) electrons. The van der Waals surface area contributed by atoms with E-state index < -0.39 is 5.41 Å². The molecule has 0 aromatic heterocycles. The van der Waals surface area contributed by atoms with Crippen LogP contribution in [0.15, 0.2) is 24.3 Å². The summed E-state index contributed by atoms with van der Waals surface area (Å²) in [6, 6.07) is 7.28. The van der Waals surface area contributed by atoms with Crippen LogP contribution in [0.4, 0.5) is 0 Å². The van der Waals surface area contributed by atoms with Crippen LogP contribution in [0, 0.1) is 5.92 Å². The van der Waals surface area contributed by atoms with Gasteiger partial charge in [-0.1, -0.05) is 37.6 Å². The average molecular weight is 282 g/mol. The monoisotopic (exact) mass is 281 g/mol. The zero-order valence-corrected chi connectivity index (χ0v) is 12.1. The summed E-state index contributed by atoms with van der Waals surface area (Å²) >= 11 is 5.88. The summed E-state index contributed by atoms with van der Waals surface area (Å²) in [5, 5.41) is 12.9. The van der Waals surface area contributed by atoms with Crippen molar-refractivity contribution in [3.05, 3.63) is 34.9 Å². The highest BCUT2D eigenvalue weighted by Crippen LogP contribution is 2.48. The minimum atomic E-state index is -0.410. The number of carbonyl (C=O) groups excluding carboxylic acids is 1. The van der Waals surface area contributed by atoms with E-state index in [0.717, 1.165) is 18.4 Å². The smallest absolute Gasteiger partial charge is 0.230 e. The predicted molar refractivity (Wildman–Crippen MR) is 76.2 cm³/mol. The number of nitrogens with one attached hydrogen (secondary N) is 1. The highest BCUT2D eigenvalue weighted by molar-refractivity contribution is 6.30. The fraction of sp³-hybridized carbons (Fsp3) is 0.533. The maximum Gasteiger partial charge on any atom is 0.230 e. The zero-order chi connectivity index (χ0) is 14.0. The first kappa shape index (κ1) is 14.4. The van der Waals surface area contributed by atoms with Crippen LogP contribution in [0.1, 0.15) is 32.3 Å². The van der Waals surface area contributed by atoms with Crippen molar-refractivity contribution in [1.82, 2.24) is 5.32 Å². The maximum absolute atomic E-state index is 12.4. The van der Waals surface area contributed by atoms with Gasteiger partial charge in [-0.2, -0.15) is 0 Å². The van der Waals surface area contributed by atoms with Crippen molar-refractivity contribution in [3.8, 4) is 0 Å². The Morgan fingerprint density at radius 1 is 1.37 bits per heavy atom. The molecule has 1 aliphatic rings. The van der Waals surface area contributed by atoms with Gasteiger partial charge >= 0.3 is 0 Å². The highest BCUT2D eigenvalue weighted by atomic mass is 35.5. The van der Waals surface area contributed by atoms with Crippen LogP contribution in [-0.2, 0) is 10.2 Å². The third-order valence-electron chi connectivity index (χ3n) is 3.90. The Morgan fingerprint density at radius 2 is 1.95 bits per heavy atom. The SMILES string of the molecule is CC(C)[C@@H](CO)NC(=O)C1(c2ccc(Cl)cc2)CC1. The summed E-state index contributed by atoms with van der Waals surface area (Å²) < 4.78 is 0. The fourth-order valence-corrected chi connectivity index (χ4v) is 2.40. The van der Waals surface area contributed by atoms with Crippen molar-refractivity contribution in [1.29, 1.82) is 0 Å². The van der Waals surface area contributed by atoms with Crippen LogP contribution in [0.5, 0.6) is 0 Å². The van der Waals surface area contributed by atoms with Crippen molar-refractivity contribution < 1.29 is 9.90 Å². The van der Waals surface area contributed by atoms with E-state index in [1.807, 2.05) is 38.1 Å². The summed E-state index contributed by atoms with van der Waals surface area (Å²) in [6.45, 7) is 3.95. The quantitative estimate of drug-likeness (QED) is 0.871. The molecule has 104 valence electrons. The highest BCUT2D eigenvalue weighted by Gasteiger charge is 2.51. The van der Waals surface area contributed by atoms with Crippen LogP contribution in [0.2, 0.25) is 5.02 Å². The molecule has 0 aliphatic heterocycles. The summed E-state index contributed by atoms with van der Waals surface area (Å²) in [6.07, 6.45) is 1.72. The van der Waals surface area contributed by atoms with Gasteiger partial charge in [0.15, 0.2) is 0 Å². The number of rotatable bonds is 5. The first-order valence-electron chi connectivity index (χ1n) is 6.67. The van der Waals surface area contributed by atoms with Gasteiger partial charge in [-0.15, -0.1) is 0 Å². The van der Waals surface area contributed by atoms with E-state index in [1.54, 1.807) is 0 Å². The zero-order valence-electron chi connectivity index (χ0n) is 11.3. The van der Waals surface area contributed by atoms with Gasteiger partial charge in [-0.25, -0.2) is 0 Å². The number of halogens is 1. The molecule has 0 unspecified atom stereocenters. The number of benzene rings is 1. The van der Waals surface area contributed by atoms with Crippen molar-refractivity contribution in [2.45, 2.75) is 38.1 Å². The third-order valence-corrected chi connectivity index (χ3v) is 4.15. The molecular formula is C15H20ClNO2. The Morgan fingerprint density at radius 3 is 2.37 bits per heavy atom. The minimum absolute atomic E-state index is 0.0163. The summed E-state index contributed by atoms with van der Waals surface area (Å²) in [5.41, 5.74) is 0.599. The van der Waals surface area contributed by atoms with Gasteiger partial charge in [-0.3, -0.25) is 4.79 Å². The first-order valence-corrected chi connectivity index (χ1v) is 7.05. The molecule has 3 nitrogen and oxygen atoms in total. The van der Waals surface area contributed by atoms with E-state index in [2.05, 4.69) is 5.32 Å². The van der Waals surface area contributed by atoms with Crippen molar-refractivity contribution >= 4 is 17.5 Å². The Bertz CT molecular complexity index is 452. The van der Waals surface area contributed by atoms with E-state index in [0.29, 0.717) is 5.02 Å². The van der Waals surface area contributed by atoms with Gasteiger partial charge in [0.1, 0.15) is 0 Å². The van der Waals surface area contributed by atoms with Crippen LogP contribution in [0.25, 0.3) is 0 Å². The molecule has 2 rings (SSSR count). The molecule has 1 amide bonds. The first-order chi connectivity index (χ1) is 8.99. The van der Waals surface area contributed by atoms with Crippen molar-refractivity contribution in [2.75, 3.05) is 6.61 Å². The predicted octanol–water partition coefficient (Wildman–Crippen LogP) is 2.50. The second-order valence-electron chi connectivity index (χ2n) is 5.60. The van der Waals surface area contributed by atoms with E-state index in [4.69, 9.17) is 11.6 Å². The molecule has 1 aliphatic carbocycles. The molecule has 1 fully saturated rings. The van der Waals surface area contributed by atoms with E-state index in [-0.39, 0.29) is 24.5 Å². The van der Waals surface area contributed by atoms with Crippen LogP contribution in [-0.4, -0.2) is 23.7 Å². The molecule has 19 heavy (non-hydrogen) atoms. The molecule has 4 heteroatoms. The number of amides is 1. The lowest BCUT2D eigenvalue weighted by Gasteiger charge is -2.24. The van der Waals surface area contributed by atoms with Crippen LogP contribution >= 0.6 is 11.6 Å². The minimum Gasteiger partial charge on any atom is -0.394 e. The Hall–Kier alpha value is -1.06. The standard InChI is InChI=1S/C15H20ClNO2/c1-10(2)13(9-18)17-14(19)15(7-8-15)11-3-5-12(16)6-4-11/h3-6,10,13,18H,7-9H2,1-2H3,(H,17,19)/t13-/m1/s1. The lowest BCUT2D eigenvalue weighted by atomic mass is 9.94. The van der Waals surface area contributed by atoms with E-state index in [1.165, 1.54) is 0 Å². The molecule has 1 aromatic rings. The summed E-state index contributed by atoms with van der Waals surface area (Å²) in [4.78, 5) is 12.4. The molecule has 0 heterocycles. The molecule has 1 saturated carbocycles. The molecule has 0 bridgehead atoms. The summed E-state index contributed by atoms with van der Waals surface area (Å²) in [5.74, 6) is 0.234. The van der Waals surface area contributed by atoms with E-state index in [9.17, 15) is 9.90 Å². The molecule has 0 saturated heterocycles. The molecule has 1 atom stereocenters.